The highest BCUT2D eigenvalue weighted by atomic mass is 32.1. The summed E-state index contributed by atoms with van der Waals surface area (Å²) in [6, 6.07) is 2.38. The van der Waals surface area contributed by atoms with Crippen molar-refractivity contribution in [1.82, 2.24) is 19.5 Å². The second kappa shape index (κ2) is 5.06. The first-order valence-corrected chi connectivity index (χ1v) is 8.36. The zero-order valence-electron chi connectivity index (χ0n) is 12.1. The molecule has 0 radical (unpaired) electrons. The summed E-state index contributed by atoms with van der Waals surface area (Å²) in [6.45, 7) is 5.19. The minimum atomic E-state index is -0.109. The highest BCUT2D eigenvalue weighted by molar-refractivity contribution is 7.20. The lowest BCUT2D eigenvalue weighted by atomic mass is 10.1. The standard InChI is InChI=1S/C14H19N5OS/c1-9-6-12(20)19-14(16-9)21-13(17-19)15-7-10-4-5-18(8-10)11-2-3-11/h6,10-11H,2-5,7-8H2,1H3,(H,15,17)/t10-/m1/s1. The average Bonchev–Trinajstić information content (AvgIpc) is 3.04. The summed E-state index contributed by atoms with van der Waals surface area (Å²) >= 11 is 1.44. The summed E-state index contributed by atoms with van der Waals surface area (Å²) < 4.78 is 1.38. The molecule has 1 aliphatic carbocycles. The van der Waals surface area contributed by atoms with E-state index in [0.717, 1.165) is 23.4 Å². The van der Waals surface area contributed by atoms with Gasteiger partial charge in [0.2, 0.25) is 10.1 Å². The van der Waals surface area contributed by atoms with Gasteiger partial charge in [0.25, 0.3) is 5.56 Å². The predicted molar refractivity (Wildman–Crippen MR) is 83.1 cm³/mol. The van der Waals surface area contributed by atoms with Crippen molar-refractivity contribution in [3.8, 4) is 0 Å². The molecule has 1 saturated heterocycles. The zero-order valence-corrected chi connectivity index (χ0v) is 12.9. The van der Waals surface area contributed by atoms with Gasteiger partial charge in [-0.2, -0.15) is 4.52 Å². The molecule has 1 aliphatic heterocycles. The maximum atomic E-state index is 11.8. The number of hydrogen-bond acceptors (Lipinski definition) is 6. The minimum absolute atomic E-state index is 0.109. The Bertz CT molecular complexity index is 720. The molecule has 21 heavy (non-hydrogen) atoms. The van der Waals surface area contributed by atoms with Crippen LogP contribution >= 0.6 is 11.3 Å². The van der Waals surface area contributed by atoms with Crippen molar-refractivity contribution in [1.29, 1.82) is 0 Å². The fourth-order valence-electron chi connectivity index (χ4n) is 3.02. The second-order valence-electron chi connectivity index (χ2n) is 6.10. The van der Waals surface area contributed by atoms with Crippen LogP contribution < -0.4 is 10.9 Å². The molecule has 6 nitrogen and oxygen atoms in total. The lowest BCUT2D eigenvalue weighted by Gasteiger charge is -2.14. The summed E-state index contributed by atoms with van der Waals surface area (Å²) in [6.07, 6.45) is 4.02. The molecule has 0 amide bonds. The Hall–Kier alpha value is -1.47. The van der Waals surface area contributed by atoms with Crippen LogP contribution in [0, 0.1) is 12.8 Å². The molecule has 0 aromatic carbocycles. The van der Waals surface area contributed by atoms with E-state index in [0.29, 0.717) is 10.9 Å². The van der Waals surface area contributed by atoms with Crippen LogP contribution in [-0.2, 0) is 0 Å². The molecule has 1 N–H and O–H groups in total. The van der Waals surface area contributed by atoms with Gasteiger partial charge in [-0.15, -0.1) is 5.10 Å². The van der Waals surface area contributed by atoms with Gasteiger partial charge in [0.1, 0.15) is 0 Å². The van der Waals surface area contributed by atoms with E-state index in [2.05, 4.69) is 20.3 Å². The van der Waals surface area contributed by atoms with Crippen LogP contribution in [0.15, 0.2) is 10.9 Å². The van der Waals surface area contributed by atoms with Gasteiger partial charge in [0.05, 0.1) is 0 Å². The molecule has 2 aromatic heterocycles. The highest BCUT2D eigenvalue weighted by Gasteiger charge is 2.34. The van der Waals surface area contributed by atoms with Crippen LogP contribution in [0.1, 0.15) is 25.0 Å². The summed E-state index contributed by atoms with van der Waals surface area (Å²) in [7, 11) is 0. The molecule has 0 spiro atoms. The van der Waals surface area contributed by atoms with E-state index in [4.69, 9.17) is 0 Å². The molecule has 0 unspecified atom stereocenters. The molecule has 7 heteroatoms. The molecule has 1 saturated carbocycles. The van der Waals surface area contributed by atoms with Gasteiger partial charge >= 0.3 is 0 Å². The maximum Gasteiger partial charge on any atom is 0.275 e. The number of likely N-dealkylation sites (tertiary alicyclic amines) is 1. The van der Waals surface area contributed by atoms with Crippen molar-refractivity contribution in [2.75, 3.05) is 25.0 Å². The number of rotatable bonds is 4. The third-order valence-electron chi connectivity index (χ3n) is 4.30. The Morgan fingerprint density at radius 3 is 3.10 bits per heavy atom. The Morgan fingerprint density at radius 2 is 2.29 bits per heavy atom. The zero-order chi connectivity index (χ0) is 14.4. The van der Waals surface area contributed by atoms with Crippen molar-refractivity contribution < 1.29 is 0 Å². The van der Waals surface area contributed by atoms with Crippen LogP contribution in [0.25, 0.3) is 4.96 Å². The molecule has 3 heterocycles. The van der Waals surface area contributed by atoms with E-state index in [-0.39, 0.29) is 5.56 Å². The smallest absolute Gasteiger partial charge is 0.275 e. The van der Waals surface area contributed by atoms with Crippen molar-refractivity contribution in [3.05, 3.63) is 22.1 Å². The molecule has 0 bridgehead atoms. The van der Waals surface area contributed by atoms with Crippen LogP contribution in [0.5, 0.6) is 0 Å². The second-order valence-corrected chi connectivity index (χ2v) is 7.06. The van der Waals surface area contributed by atoms with Gasteiger partial charge in [-0.1, -0.05) is 11.3 Å². The third-order valence-corrected chi connectivity index (χ3v) is 5.16. The number of nitrogens with zero attached hydrogens (tertiary/aromatic N) is 4. The van der Waals surface area contributed by atoms with E-state index >= 15 is 0 Å². The number of aromatic nitrogens is 3. The van der Waals surface area contributed by atoms with Crippen LogP contribution in [0.3, 0.4) is 0 Å². The fourth-order valence-corrected chi connectivity index (χ4v) is 3.88. The number of fused-ring (bicyclic) bond motifs is 1. The molecule has 112 valence electrons. The SMILES string of the molecule is Cc1cc(=O)n2nc(NC[C@H]3CCN(C4CC4)C3)sc2n1. The van der Waals surface area contributed by atoms with E-state index in [1.54, 1.807) is 0 Å². The highest BCUT2D eigenvalue weighted by Crippen LogP contribution is 2.31. The Balaban J connectivity index is 1.43. The third kappa shape index (κ3) is 2.67. The predicted octanol–water partition coefficient (Wildman–Crippen LogP) is 1.36. The Kier molecular flexibility index (Phi) is 3.19. The van der Waals surface area contributed by atoms with Crippen molar-refractivity contribution in [2.24, 2.45) is 5.92 Å². The molecule has 4 rings (SSSR count). The fraction of sp³-hybridized carbons (Fsp3) is 0.643. The average molecular weight is 305 g/mol. The number of anilines is 1. The van der Waals surface area contributed by atoms with Crippen molar-refractivity contribution in [2.45, 2.75) is 32.2 Å². The number of nitrogens with one attached hydrogen (secondary N) is 1. The van der Waals surface area contributed by atoms with Crippen molar-refractivity contribution >= 4 is 21.4 Å². The van der Waals surface area contributed by atoms with Gasteiger partial charge in [0, 0.05) is 30.9 Å². The topological polar surface area (TPSA) is 62.5 Å². The van der Waals surface area contributed by atoms with Crippen LogP contribution in [-0.4, -0.2) is 45.2 Å². The lowest BCUT2D eigenvalue weighted by molar-refractivity contribution is 0.316. The Morgan fingerprint density at radius 1 is 1.43 bits per heavy atom. The van der Waals surface area contributed by atoms with E-state index in [9.17, 15) is 4.79 Å². The van der Waals surface area contributed by atoms with Gasteiger partial charge in [-0.25, -0.2) is 4.98 Å². The summed E-state index contributed by atoms with van der Waals surface area (Å²) in [5.41, 5.74) is 0.633. The normalized spacial score (nSPS) is 23.0. The first kappa shape index (κ1) is 13.2. The monoisotopic (exact) mass is 305 g/mol. The largest absolute Gasteiger partial charge is 0.360 e. The molecular weight excluding hydrogens is 286 g/mol. The minimum Gasteiger partial charge on any atom is -0.360 e. The lowest BCUT2D eigenvalue weighted by Crippen LogP contribution is -2.24. The molecule has 1 atom stereocenters. The maximum absolute atomic E-state index is 11.8. The van der Waals surface area contributed by atoms with Crippen LogP contribution in [0.4, 0.5) is 5.13 Å². The Labute approximate surface area is 126 Å². The van der Waals surface area contributed by atoms with Gasteiger partial charge in [-0.3, -0.25) is 4.79 Å². The van der Waals surface area contributed by atoms with Crippen LogP contribution in [0.2, 0.25) is 0 Å². The summed E-state index contributed by atoms with van der Waals surface area (Å²) in [4.78, 5) is 19.5. The first-order valence-electron chi connectivity index (χ1n) is 7.54. The number of aryl methyl sites for hydroxylation is 1. The van der Waals surface area contributed by atoms with E-state index < -0.39 is 0 Å². The molecular formula is C14H19N5OS. The van der Waals surface area contributed by atoms with E-state index in [1.807, 2.05) is 6.92 Å². The van der Waals surface area contributed by atoms with Gasteiger partial charge < -0.3 is 10.2 Å². The number of hydrogen-bond donors (Lipinski definition) is 1. The summed E-state index contributed by atoms with van der Waals surface area (Å²) in [5, 5.41) is 8.49. The molecule has 2 aromatic rings. The molecule has 2 fully saturated rings. The summed E-state index contributed by atoms with van der Waals surface area (Å²) in [5.74, 6) is 0.684. The van der Waals surface area contributed by atoms with Crippen molar-refractivity contribution in [3.63, 3.8) is 0 Å². The van der Waals surface area contributed by atoms with Gasteiger partial charge in [-0.05, 0) is 38.6 Å². The molecule has 2 aliphatic rings. The van der Waals surface area contributed by atoms with Gasteiger partial charge in [0.15, 0.2) is 0 Å². The quantitative estimate of drug-likeness (QED) is 0.924. The van der Waals surface area contributed by atoms with E-state index in [1.165, 1.54) is 54.3 Å². The first-order chi connectivity index (χ1) is 10.2.